The van der Waals surface area contributed by atoms with Crippen LogP contribution in [-0.2, 0) is 4.79 Å². The Balaban J connectivity index is 4.12. The van der Waals surface area contributed by atoms with Gasteiger partial charge in [-0.25, -0.2) is 0 Å². The average molecular weight is 175 g/mol. The Labute approximate surface area is 72.6 Å². The van der Waals surface area contributed by atoms with E-state index in [1.807, 2.05) is 0 Å². The summed E-state index contributed by atoms with van der Waals surface area (Å²) >= 11 is 0. The molecule has 0 fully saturated rings. The zero-order valence-electron chi connectivity index (χ0n) is 7.96. The second-order valence-electron chi connectivity index (χ2n) is 3.72. The SMILES string of the molecule is CC(C)NC(=O)[C@H](O)C(C)(C)O. The Hall–Kier alpha value is -0.610. The second kappa shape index (κ2) is 3.87. The molecule has 0 heterocycles. The fraction of sp³-hybridized carbons (Fsp3) is 0.875. The summed E-state index contributed by atoms with van der Waals surface area (Å²) < 4.78 is 0. The Bertz CT molecular complexity index is 160. The minimum absolute atomic E-state index is 0.0329. The maximum Gasteiger partial charge on any atom is 0.252 e. The molecule has 3 N–H and O–H groups in total. The highest BCUT2D eigenvalue weighted by molar-refractivity contribution is 5.81. The lowest BCUT2D eigenvalue weighted by atomic mass is 10.0. The van der Waals surface area contributed by atoms with Gasteiger partial charge in [0.15, 0.2) is 6.10 Å². The summed E-state index contributed by atoms with van der Waals surface area (Å²) in [7, 11) is 0. The van der Waals surface area contributed by atoms with Gasteiger partial charge in [-0.3, -0.25) is 4.79 Å². The van der Waals surface area contributed by atoms with Crippen LogP contribution in [0.15, 0.2) is 0 Å². The highest BCUT2D eigenvalue weighted by Crippen LogP contribution is 2.07. The minimum Gasteiger partial charge on any atom is -0.387 e. The van der Waals surface area contributed by atoms with E-state index in [4.69, 9.17) is 0 Å². The maximum absolute atomic E-state index is 11.1. The zero-order chi connectivity index (χ0) is 9.94. The molecule has 0 aromatic carbocycles. The van der Waals surface area contributed by atoms with Gasteiger partial charge in [0.05, 0.1) is 5.60 Å². The molecule has 1 amide bonds. The van der Waals surface area contributed by atoms with Gasteiger partial charge in [0.1, 0.15) is 0 Å². The van der Waals surface area contributed by atoms with Gasteiger partial charge >= 0.3 is 0 Å². The van der Waals surface area contributed by atoms with E-state index in [0.717, 1.165) is 0 Å². The molecule has 12 heavy (non-hydrogen) atoms. The first kappa shape index (κ1) is 11.4. The lowest BCUT2D eigenvalue weighted by molar-refractivity contribution is -0.142. The van der Waals surface area contributed by atoms with Crippen LogP contribution in [0.2, 0.25) is 0 Å². The quantitative estimate of drug-likeness (QED) is 0.548. The van der Waals surface area contributed by atoms with Gasteiger partial charge in [-0.2, -0.15) is 0 Å². The second-order valence-corrected chi connectivity index (χ2v) is 3.72. The van der Waals surface area contributed by atoms with Crippen molar-refractivity contribution in [2.45, 2.75) is 45.4 Å². The first-order chi connectivity index (χ1) is 5.25. The summed E-state index contributed by atoms with van der Waals surface area (Å²) in [5, 5.41) is 21.0. The van der Waals surface area contributed by atoms with Crippen molar-refractivity contribution in [3.63, 3.8) is 0 Å². The molecule has 4 nitrogen and oxygen atoms in total. The molecular formula is C8H17NO3. The van der Waals surface area contributed by atoms with Crippen molar-refractivity contribution >= 4 is 5.91 Å². The molecular weight excluding hydrogens is 158 g/mol. The van der Waals surface area contributed by atoms with Crippen molar-refractivity contribution in [2.24, 2.45) is 0 Å². The van der Waals surface area contributed by atoms with Crippen LogP contribution in [0.1, 0.15) is 27.7 Å². The molecule has 0 rings (SSSR count). The molecule has 0 unspecified atom stereocenters. The minimum atomic E-state index is -1.39. The van der Waals surface area contributed by atoms with Crippen LogP contribution >= 0.6 is 0 Å². The number of aliphatic hydroxyl groups excluding tert-OH is 1. The molecule has 0 spiro atoms. The Morgan fingerprint density at radius 1 is 1.42 bits per heavy atom. The van der Waals surface area contributed by atoms with Gasteiger partial charge in [-0.05, 0) is 27.7 Å². The topological polar surface area (TPSA) is 69.6 Å². The highest BCUT2D eigenvalue weighted by atomic mass is 16.3. The summed E-state index contributed by atoms with van der Waals surface area (Å²) in [6.45, 7) is 6.35. The first-order valence-corrected chi connectivity index (χ1v) is 3.96. The third-order valence-corrected chi connectivity index (χ3v) is 1.35. The fourth-order valence-corrected chi connectivity index (χ4v) is 0.684. The Morgan fingerprint density at radius 2 is 1.83 bits per heavy atom. The number of amides is 1. The van der Waals surface area contributed by atoms with Gasteiger partial charge in [-0.15, -0.1) is 0 Å². The van der Waals surface area contributed by atoms with E-state index >= 15 is 0 Å². The summed E-state index contributed by atoms with van der Waals surface area (Å²) in [4.78, 5) is 11.1. The van der Waals surface area contributed by atoms with Crippen LogP contribution in [0.4, 0.5) is 0 Å². The standard InChI is InChI=1S/C8H17NO3/c1-5(2)9-7(11)6(10)8(3,4)12/h5-6,10,12H,1-4H3,(H,9,11)/t6-/m0/s1. The normalized spacial score (nSPS) is 14.6. The van der Waals surface area contributed by atoms with E-state index in [9.17, 15) is 15.0 Å². The van der Waals surface area contributed by atoms with Crippen molar-refractivity contribution in [1.82, 2.24) is 5.32 Å². The van der Waals surface area contributed by atoms with E-state index in [1.165, 1.54) is 13.8 Å². The first-order valence-electron chi connectivity index (χ1n) is 3.96. The lowest BCUT2D eigenvalue weighted by Gasteiger charge is -2.24. The van der Waals surface area contributed by atoms with Gasteiger partial charge in [-0.1, -0.05) is 0 Å². The molecule has 1 atom stereocenters. The summed E-state index contributed by atoms with van der Waals surface area (Å²) in [6, 6.07) is -0.0329. The number of hydrogen-bond acceptors (Lipinski definition) is 3. The molecule has 0 aliphatic rings. The molecule has 4 heteroatoms. The van der Waals surface area contributed by atoms with E-state index in [1.54, 1.807) is 13.8 Å². The predicted octanol–water partition coefficient (Wildman–Crippen LogP) is -0.357. The summed E-state index contributed by atoms with van der Waals surface area (Å²) in [5.74, 6) is -0.544. The van der Waals surface area contributed by atoms with E-state index in [-0.39, 0.29) is 6.04 Å². The Morgan fingerprint density at radius 3 is 2.08 bits per heavy atom. The average Bonchev–Trinajstić information content (AvgIpc) is 1.82. The van der Waals surface area contributed by atoms with Crippen molar-refractivity contribution < 1.29 is 15.0 Å². The van der Waals surface area contributed by atoms with Gasteiger partial charge in [0, 0.05) is 6.04 Å². The van der Waals surface area contributed by atoms with Crippen LogP contribution in [0, 0.1) is 0 Å². The monoisotopic (exact) mass is 175 g/mol. The molecule has 0 saturated heterocycles. The molecule has 0 bridgehead atoms. The van der Waals surface area contributed by atoms with Crippen LogP contribution in [0.25, 0.3) is 0 Å². The number of rotatable bonds is 3. The third kappa shape index (κ3) is 3.69. The molecule has 0 radical (unpaired) electrons. The van der Waals surface area contributed by atoms with Crippen molar-refractivity contribution in [3.05, 3.63) is 0 Å². The molecule has 0 aromatic rings. The van der Waals surface area contributed by atoms with Crippen LogP contribution in [0.3, 0.4) is 0 Å². The smallest absolute Gasteiger partial charge is 0.252 e. The van der Waals surface area contributed by atoms with Crippen LogP contribution in [-0.4, -0.2) is 33.9 Å². The van der Waals surface area contributed by atoms with Crippen molar-refractivity contribution in [1.29, 1.82) is 0 Å². The third-order valence-electron chi connectivity index (χ3n) is 1.35. The molecule has 0 aliphatic heterocycles. The number of nitrogens with one attached hydrogen (secondary N) is 1. The van der Waals surface area contributed by atoms with E-state index in [0.29, 0.717) is 0 Å². The number of hydrogen-bond donors (Lipinski definition) is 3. The van der Waals surface area contributed by atoms with Crippen molar-refractivity contribution in [3.8, 4) is 0 Å². The van der Waals surface area contributed by atoms with Gasteiger partial charge < -0.3 is 15.5 Å². The van der Waals surface area contributed by atoms with Crippen LogP contribution < -0.4 is 5.32 Å². The zero-order valence-corrected chi connectivity index (χ0v) is 7.96. The molecule has 0 aromatic heterocycles. The molecule has 72 valence electrons. The molecule has 0 saturated carbocycles. The summed E-state index contributed by atoms with van der Waals surface area (Å²) in [5.41, 5.74) is -1.39. The van der Waals surface area contributed by atoms with E-state index in [2.05, 4.69) is 5.32 Å². The van der Waals surface area contributed by atoms with Crippen molar-refractivity contribution in [2.75, 3.05) is 0 Å². The molecule has 0 aliphatic carbocycles. The van der Waals surface area contributed by atoms with Gasteiger partial charge in [0.2, 0.25) is 0 Å². The maximum atomic E-state index is 11.1. The van der Waals surface area contributed by atoms with E-state index < -0.39 is 17.6 Å². The largest absolute Gasteiger partial charge is 0.387 e. The fourth-order valence-electron chi connectivity index (χ4n) is 0.684. The Kier molecular flexibility index (Phi) is 3.67. The van der Waals surface area contributed by atoms with Crippen LogP contribution in [0.5, 0.6) is 0 Å². The number of carbonyl (C=O) groups is 1. The van der Waals surface area contributed by atoms with Gasteiger partial charge in [0.25, 0.3) is 5.91 Å². The number of carbonyl (C=O) groups excluding carboxylic acids is 1. The predicted molar refractivity (Wildman–Crippen MR) is 45.6 cm³/mol. The highest BCUT2D eigenvalue weighted by Gasteiger charge is 2.31. The number of aliphatic hydroxyl groups is 2. The summed E-state index contributed by atoms with van der Waals surface area (Å²) in [6.07, 6.45) is -1.38. The lowest BCUT2D eigenvalue weighted by Crippen LogP contribution is -2.49.